The molecule has 2 heteroatoms. The van der Waals surface area contributed by atoms with Gasteiger partial charge in [0.25, 0.3) is 0 Å². The Bertz CT molecular complexity index is 325. The summed E-state index contributed by atoms with van der Waals surface area (Å²) in [6, 6.07) is 9.51. The lowest BCUT2D eigenvalue weighted by atomic mass is 10.1. The molecule has 0 atom stereocenters. The molecule has 0 radical (unpaired) electrons. The number of hydrogen-bond donors (Lipinski definition) is 0. The molecular weight excluding hydrogens is 176 g/mol. The lowest BCUT2D eigenvalue weighted by Gasteiger charge is -2.05. The second kappa shape index (κ2) is 5.22. The van der Waals surface area contributed by atoms with Crippen LogP contribution in [0.25, 0.3) is 5.57 Å². The summed E-state index contributed by atoms with van der Waals surface area (Å²) in [7, 11) is 0. The van der Waals surface area contributed by atoms with E-state index in [4.69, 9.17) is 4.74 Å². The minimum absolute atomic E-state index is 0.263. The summed E-state index contributed by atoms with van der Waals surface area (Å²) in [4.78, 5) is 11.5. The van der Waals surface area contributed by atoms with Gasteiger partial charge >= 0.3 is 5.97 Å². The van der Waals surface area contributed by atoms with Gasteiger partial charge in [0.15, 0.2) is 0 Å². The van der Waals surface area contributed by atoms with Gasteiger partial charge in [-0.3, -0.25) is 0 Å². The van der Waals surface area contributed by atoms with Gasteiger partial charge in [-0.2, -0.15) is 0 Å². The van der Waals surface area contributed by atoms with Crippen molar-refractivity contribution in [2.24, 2.45) is 0 Å². The van der Waals surface area contributed by atoms with E-state index in [1.54, 1.807) is 13.0 Å². The number of ether oxygens (including phenoxy) is 1. The van der Waals surface area contributed by atoms with E-state index >= 15 is 0 Å². The summed E-state index contributed by atoms with van der Waals surface area (Å²) in [5.41, 5.74) is 1.51. The van der Waals surface area contributed by atoms with Gasteiger partial charge in [-0.05, 0) is 19.4 Å². The molecule has 0 fully saturated rings. The second-order valence-corrected chi connectivity index (χ2v) is 2.79. The van der Waals surface area contributed by atoms with Crippen LogP contribution in [0.2, 0.25) is 0 Å². The van der Waals surface area contributed by atoms with Gasteiger partial charge in [0, 0.05) is 0 Å². The van der Waals surface area contributed by atoms with E-state index in [1.165, 1.54) is 0 Å². The van der Waals surface area contributed by atoms with E-state index < -0.39 is 0 Å². The maximum Gasteiger partial charge on any atom is 0.338 e. The Kier molecular flexibility index (Phi) is 3.92. The summed E-state index contributed by atoms with van der Waals surface area (Å²) in [6.45, 7) is 4.04. The number of allylic oxidation sites excluding steroid dienone is 1. The molecule has 0 aliphatic rings. The molecule has 0 unspecified atom stereocenters. The third-order valence-corrected chi connectivity index (χ3v) is 1.87. The molecule has 0 aliphatic carbocycles. The normalized spacial score (nSPS) is 11.1. The molecule has 1 aromatic rings. The number of benzene rings is 1. The topological polar surface area (TPSA) is 26.3 Å². The van der Waals surface area contributed by atoms with Crippen molar-refractivity contribution in [2.75, 3.05) is 6.61 Å². The van der Waals surface area contributed by atoms with Gasteiger partial charge in [-0.1, -0.05) is 36.4 Å². The van der Waals surface area contributed by atoms with Crippen LogP contribution in [0.1, 0.15) is 19.4 Å². The van der Waals surface area contributed by atoms with E-state index in [-0.39, 0.29) is 5.97 Å². The van der Waals surface area contributed by atoms with Crippen molar-refractivity contribution in [1.29, 1.82) is 0 Å². The highest BCUT2D eigenvalue weighted by Gasteiger charge is 2.10. The molecule has 0 amide bonds. The van der Waals surface area contributed by atoms with Crippen LogP contribution in [0.5, 0.6) is 0 Å². The Balaban J connectivity index is 2.89. The molecular formula is C12H14O2. The fraction of sp³-hybridized carbons (Fsp3) is 0.250. The Labute approximate surface area is 84.2 Å². The van der Waals surface area contributed by atoms with Crippen molar-refractivity contribution < 1.29 is 9.53 Å². The maximum atomic E-state index is 11.5. The van der Waals surface area contributed by atoms with Crippen molar-refractivity contribution in [1.82, 2.24) is 0 Å². The van der Waals surface area contributed by atoms with Gasteiger partial charge in [0.2, 0.25) is 0 Å². The van der Waals surface area contributed by atoms with Crippen molar-refractivity contribution in [3.8, 4) is 0 Å². The molecule has 0 heterocycles. The Hall–Kier alpha value is -1.57. The van der Waals surface area contributed by atoms with E-state index in [0.717, 1.165) is 5.56 Å². The zero-order chi connectivity index (χ0) is 10.4. The van der Waals surface area contributed by atoms with Crippen LogP contribution >= 0.6 is 0 Å². The van der Waals surface area contributed by atoms with Crippen LogP contribution in [0.3, 0.4) is 0 Å². The monoisotopic (exact) mass is 190 g/mol. The lowest BCUT2D eigenvalue weighted by Crippen LogP contribution is -2.06. The van der Waals surface area contributed by atoms with Gasteiger partial charge in [0.05, 0.1) is 12.2 Å². The first-order chi connectivity index (χ1) is 6.79. The Morgan fingerprint density at radius 1 is 1.36 bits per heavy atom. The predicted molar refractivity (Wildman–Crippen MR) is 56.7 cm³/mol. The molecule has 0 aromatic heterocycles. The fourth-order valence-corrected chi connectivity index (χ4v) is 1.23. The van der Waals surface area contributed by atoms with Crippen LogP contribution in [0, 0.1) is 0 Å². The third kappa shape index (κ3) is 2.46. The highest BCUT2D eigenvalue weighted by Crippen LogP contribution is 2.15. The first-order valence-corrected chi connectivity index (χ1v) is 4.68. The van der Waals surface area contributed by atoms with Gasteiger partial charge in [0.1, 0.15) is 0 Å². The van der Waals surface area contributed by atoms with Crippen molar-refractivity contribution >= 4 is 11.5 Å². The van der Waals surface area contributed by atoms with Crippen molar-refractivity contribution in [2.45, 2.75) is 13.8 Å². The van der Waals surface area contributed by atoms with Crippen LogP contribution < -0.4 is 0 Å². The second-order valence-electron chi connectivity index (χ2n) is 2.79. The van der Waals surface area contributed by atoms with Crippen LogP contribution in [0.4, 0.5) is 0 Å². The quantitative estimate of drug-likeness (QED) is 0.541. The number of esters is 1. The van der Waals surface area contributed by atoms with Crippen LogP contribution in [-0.4, -0.2) is 12.6 Å². The van der Waals surface area contributed by atoms with Gasteiger partial charge in [-0.25, -0.2) is 4.79 Å². The molecule has 1 rings (SSSR count). The third-order valence-electron chi connectivity index (χ3n) is 1.87. The summed E-state index contributed by atoms with van der Waals surface area (Å²) in [5, 5.41) is 0. The van der Waals surface area contributed by atoms with Crippen LogP contribution in [0.15, 0.2) is 36.4 Å². The Morgan fingerprint density at radius 3 is 2.50 bits per heavy atom. The number of carbonyl (C=O) groups is 1. The molecule has 0 spiro atoms. The molecule has 0 bridgehead atoms. The predicted octanol–water partition coefficient (Wildman–Crippen LogP) is 2.65. The van der Waals surface area contributed by atoms with Gasteiger partial charge < -0.3 is 4.74 Å². The largest absolute Gasteiger partial charge is 0.462 e. The number of carbonyl (C=O) groups excluding carboxylic acids is 1. The lowest BCUT2D eigenvalue weighted by molar-refractivity contribution is -0.136. The molecule has 2 nitrogen and oxygen atoms in total. The smallest absolute Gasteiger partial charge is 0.338 e. The van der Waals surface area contributed by atoms with Crippen molar-refractivity contribution in [3.05, 3.63) is 42.0 Å². The average Bonchev–Trinajstić information content (AvgIpc) is 2.21. The molecule has 0 saturated heterocycles. The summed E-state index contributed by atoms with van der Waals surface area (Å²) >= 11 is 0. The molecule has 14 heavy (non-hydrogen) atoms. The highest BCUT2D eigenvalue weighted by molar-refractivity contribution is 6.16. The summed E-state index contributed by atoms with van der Waals surface area (Å²) in [6.07, 6.45) is 1.77. The Morgan fingerprint density at radius 2 is 2.00 bits per heavy atom. The first kappa shape index (κ1) is 10.5. The minimum Gasteiger partial charge on any atom is -0.462 e. The van der Waals surface area contributed by atoms with Gasteiger partial charge in [-0.15, -0.1) is 0 Å². The minimum atomic E-state index is -0.263. The first-order valence-electron chi connectivity index (χ1n) is 4.68. The highest BCUT2D eigenvalue weighted by atomic mass is 16.5. The van der Waals surface area contributed by atoms with E-state index in [2.05, 4.69) is 0 Å². The molecule has 0 aliphatic heterocycles. The zero-order valence-electron chi connectivity index (χ0n) is 8.49. The van der Waals surface area contributed by atoms with Crippen LogP contribution in [-0.2, 0) is 9.53 Å². The molecule has 0 saturated carbocycles. The fourth-order valence-electron chi connectivity index (χ4n) is 1.23. The molecule has 1 aromatic carbocycles. The zero-order valence-corrected chi connectivity index (χ0v) is 8.49. The maximum absolute atomic E-state index is 11.5. The number of rotatable bonds is 3. The molecule has 0 N–H and O–H groups in total. The van der Waals surface area contributed by atoms with E-state index in [9.17, 15) is 4.79 Å². The van der Waals surface area contributed by atoms with Crippen molar-refractivity contribution in [3.63, 3.8) is 0 Å². The molecule has 74 valence electrons. The van der Waals surface area contributed by atoms with E-state index in [0.29, 0.717) is 12.2 Å². The SMILES string of the molecule is C/C=C(/C(=O)OCC)c1ccccc1. The average molecular weight is 190 g/mol. The number of hydrogen-bond acceptors (Lipinski definition) is 2. The summed E-state index contributed by atoms with van der Waals surface area (Å²) < 4.78 is 4.94. The summed E-state index contributed by atoms with van der Waals surface area (Å²) in [5.74, 6) is -0.263. The van der Waals surface area contributed by atoms with E-state index in [1.807, 2.05) is 37.3 Å². The standard InChI is InChI=1S/C12H14O2/c1-3-11(12(13)14-4-2)10-8-6-5-7-9-10/h3,5-9H,4H2,1-2H3/b11-3+.